The number of carbonyl (C=O) groups excluding carboxylic acids is 2. The number of carbonyl (C=O) groups is 3. The first-order chi connectivity index (χ1) is 14.2. The van der Waals surface area contributed by atoms with Gasteiger partial charge in [0.05, 0.1) is 0 Å². The molecule has 3 amide bonds. The summed E-state index contributed by atoms with van der Waals surface area (Å²) >= 11 is 0. The Kier molecular flexibility index (Phi) is 6.73. The molecule has 2 atom stereocenters. The molecule has 170 valence electrons. The Labute approximate surface area is 183 Å². The quantitative estimate of drug-likeness (QED) is 0.655. The second-order valence-electron chi connectivity index (χ2n) is 9.61. The lowest BCUT2D eigenvalue weighted by Gasteiger charge is -2.40. The van der Waals surface area contributed by atoms with E-state index in [1.807, 2.05) is 76.7 Å². The monoisotopic (exact) mass is 430 g/mol. The Morgan fingerprint density at radius 1 is 1.06 bits per heavy atom. The van der Waals surface area contributed by atoms with E-state index in [2.05, 4.69) is 10.6 Å². The summed E-state index contributed by atoms with van der Waals surface area (Å²) in [6.07, 6.45) is 0.710. The highest BCUT2D eigenvalue weighted by Crippen LogP contribution is 2.36. The second-order valence-corrected chi connectivity index (χ2v) is 9.61. The molecule has 1 aromatic carbocycles. The molecule has 0 radical (unpaired) electrons. The third-order valence-corrected chi connectivity index (χ3v) is 5.87. The number of fused-ring (bicyclic) bond motifs is 1. The summed E-state index contributed by atoms with van der Waals surface area (Å²) < 4.78 is 1.96. The van der Waals surface area contributed by atoms with E-state index in [1.165, 1.54) is 14.1 Å². The Morgan fingerprint density at radius 3 is 2.16 bits per heavy atom. The maximum Gasteiger partial charge on any atom is 0.407 e. The number of carboxylic acid groups (broad SMARTS) is 1. The Hall–Kier alpha value is -3.03. The minimum Gasteiger partial charge on any atom is -0.465 e. The average molecular weight is 431 g/mol. The van der Waals surface area contributed by atoms with Gasteiger partial charge in [-0.05, 0) is 17.0 Å². The molecular formula is C23H34N4O4. The number of hydrogen-bond acceptors (Lipinski definition) is 3. The summed E-state index contributed by atoms with van der Waals surface area (Å²) in [6, 6.07) is 5.91. The molecule has 2 aromatic rings. The average Bonchev–Trinajstić information content (AvgIpc) is 3.02. The molecule has 3 N–H and O–H groups in total. The highest BCUT2D eigenvalue weighted by molar-refractivity contribution is 5.94. The number of nitrogens with zero attached hydrogens (tertiary/aromatic N) is 2. The maximum absolute atomic E-state index is 13.5. The van der Waals surface area contributed by atoms with E-state index >= 15 is 0 Å². The number of aromatic nitrogens is 1. The summed E-state index contributed by atoms with van der Waals surface area (Å²) in [6.45, 7) is 9.24. The van der Waals surface area contributed by atoms with Crippen molar-refractivity contribution in [2.24, 2.45) is 12.5 Å². The molecule has 0 spiro atoms. The minimum atomic E-state index is -1.22. The lowest BCUT2D eigenvalue weighted by molar-refractivity contribution is -0.134. The molecule has 0 aliphatic rings. The van der Waals surface area contributed by atoms with Gasteiger partial charge in [-0.15, -0.1) is 0 Å². The number of amides is 3. The predicted octanol–water partition coefficient (Wildman–Crippen LogP) is 2.71. The van der Waals surface area contributed by atoms with E-state index in [0.717, 1.165) is 21.4 Å². The van der Waals surface area contributed by atoms with Gasteiger partial charge in [0.15, 0.2) is 0 Å². The normalized spacial score (nSPS) is 14.1. The van der Waals surface area contributed by atoms with Crippen molar-refractivity contribution in [3.63, 3.8) is 0 Å². The highest BCUT2D eigenvalue weighted by Gasteiger charge is 2.45. The van der Waals surface area contributed by atoms with Gasteiger partial charge in [-0.2, -0.15) is 0 Å². The van der Waals surface area contributed by atoms with Crippen LogP contribution >= 0.6 is 0 Å². The van der Waals surface area contributed by atoms with Gasteiger partial charge >= 0.3 is 6.09 Å². The van der Waals surface area contributed by atoms with Crippen molar-refractivity contribution in [3.8, 4) is 0 Å². The fraction of sp³-hybridized carbons (Fsp3) is 0.522. The van der Waals surface area contributed by atoms with Crippen molar-refractivity contribution >= 4 is 28.8 Å². The fourth-order valence-corrected chi connectivity index (χ4v) is 4.14. The number of aryl methyl sites for hydroxylation is 1. The number of nitrogens with one attached hydrogen (secondary N) is 2. The van der Waals surface area contributed by atoms with Crippen LogP contribution in [0.1, 0.15) is 40.2 Å². The molecule has 0 saturated heterocycles. The largest absolute Gasteiger partial charge is 0.465 e. The van der Waals surface area contributed by atoms with Crippen LogP contribution in [0.2, 0.25) is 0 Å². The smallest absolute Gasteiger partial charge is 0.407 e. The number of hydrogen-bond donors (Lipinski definition) is 3. The van der Waals surface area contributed by atoms with E-state index < -0.39 is 34.9 Å². The van der Waals surface area contributed by atoms with Gasteiger partial charge in [-0.25, -0.2) is 4.79 Å². The Balaban J connectivity index is 2.58. The zero-order valence-corrected chi connectivity index (χ0v) is 19.6. The molecule has 2 unspecified atom stereocenters. The summed E-state index contributed by atoms with van der Waals surface area (Å²) in [5.41, 5.74) is 0.390. The van der Waals surface area contributed by atoms with Crippen LogP contribution in [0.15, 0.2) is 30.5 Å². The molecule has 0 bridgehead atoms. The van der Waals surface area contributed by atoms with Crippen LogP contribution in [0, 0.1) is 5.41 Å². The Morgan fingerprint density at radius 2 is 1.65 bits per heavy atom. The molecular weight excluding hydrogens is 396 g/mol. The van der Waals surface area contributed by atoms with Gasteiger partial charge in [-0.3, -0.25) is 14.5 Å². The number of rotatable bonds is 6. The lowest BCUT2D eigenvalue weighted by atomic mass is 9.76. The van der Waals surface area contributed by atoms with Crippen molar-refractivity contribution in [1.29, 1.82) is 0 Å². The van der Waals surface area contributed by atoms with Gasteiger partial charge in [-0.1, -0.05) is 52.8 Å². The number of likely N-dealkylation sites (N-methyl/N-ethyl adjacent to an activating group) is 2. The first-order valence-electron chi connectivity index (χ1n) is 10.3. The molecule has 0 fully saturated rings. The summed E-state index contributed by atoms with van der Waals surface area (Å²) in [7, 11) is 4.80. The van der Waals surface area contributed by atoms with Crippen LogP contribution < -0.4 is 10.6 Å². The number of benzene rings is 1. The second kappa shape index (κ2) is 8.61. The van der Waals surface area contributed by atoms with Crippen molar-refractivity contribution in [3.05, 3.63) is 36.0 Å². The van der Waals surface area contributed by atoms with Crippen LogP contribution in [0.5, 0.6) is 0 Å². The van der Waals surface area contributed by atoms with E-state index in [0.29, 0.717) is 0 Å². The van der Waals surface area contributed by atoms with Crippen molar-refractivity contribution in [2.75, 3.05) is 14.1 Å². The third kappa shape index (κ3) is 4.68. The molecule has 8 heteroatoms. The van der Waals surface area contributed by atoms with Gasteiger partial charge in [0.2, 0.25) is 11.8 Å². The molecule has 8 nitrogen and oxygen atoms in total. The molecule has 0 aliphatic carbocycles. The highest BCUT2D eigenvalue weighted by atomic mass is 16.4. The molecule has 0 aliphatic heterocycles. The first kappa shape index (κ1) is 24.2. The van der Waals surface area contributed by atoms with Crippen molar-refractivity contribution < 1.29 is 19.5 Å². The maximum atomic E-state index is 13.5. The number of para-hydroxylation sites is 1. The van der Waals surface area contributed by atoms with E-state index in [4.69, 9.17) is 0 Å². The molecule has 31 heavy (non-hydrogen) atoms. The van der Waals surface area contributed by atoms with Gasteiger partial charge in [0.25, 0.3) is 0 Å². The van der Waals surface area contributed by atoms with Crippen LogP contribution in [0.4, 0.5) is 4.79 Å². The van der Waals surface area contributed by atoms with Gasteiger partial charge < -0.3 is 20.3 Å². The van der Waals surface area contributed by atoms with Gasteiger partial charge in [0, 0.05) is 43.7 Å². The predicted molar refractivity (Wildman–Crippen MR) is 121 cm³/mol. The minimum absolute atomic E-state index is 0.333. The third-order valence-electron chi connectivity index (χ3n) is 5.87. The topological polar surface area (TPSA) is 104 Å². The van der Waals surface area contributed by atoms with Crippen LogP contribution in [-0.4, -0.2) is 58.7 Å². The fourth-order valence-electron chi connectivity index (χ4n) is 4.14. The summed E-state index contributed by atoms with van der Waals surface area (Å²) in [4.78, 5) is 38.9. The zero-order valence-electron chi connectivity index (χ0n) is 19.6. The van der Waals surface area contributed by atoms with Crippen molar-refractivity contribution in [1.82, 2.24) is 20.1 Å². The van der Waals surface area contributed by atoms with Gasteiger partial charge in [0.1, 0.15) is 12.1 Å². The molecule has 2 rings (SSSR count). The van der Waals surface area contributed by atoms with Crippen LogP contribution in [0.25, 0.3) is 10.9 Å². The van der Waals surface area contributed by atoms with E-state index in [-0.39, 0.29) is 5.91 Å². The molecule has 1 aromatic heterocycles. The van der Waals surface area contributed by atoms with Crippen molar-refractivity contribution in [2.45, 2.75) is 52.1 Å². The molecule has 0 saturated carbocycles. The Bertz CT molecular complexity index is 987. The van der Waals surface area contributed by atoms with Crippen LogP contribution in [0.3, 0.4) is 0 Å². The lowest BCUT2D eigenvalue weighted by Crippen LogP contribution is -2.61. The van der Waals surface area contributed by atoms with E-state index in [1.54, 1.807) is 0 Å². The summed E-state index contributed by atoms with van der Waals surface area (Å²) in [5, 5.41) is 16.1. The standard InChI is InChI=1S/C23H34N4O4/c1-22(2,3)17(19(28)24-6)25-20(29)18(27(8)21(30)31)23(4,5)15-13-26(7)16-12-10-9-11-14(15)16/h9-13,17-18H,1-8H3,(H,24,28)(H,25,29)(H,30,31). The SMILES string of the molecule is CNC(=O)C(NC(=O)C(N(C)C(=O)O)C(C)(C)c1cn(C)c2ccccc12)C(C)(C)C. The van der Waals surface area contributed by atoms with Crippen LogP contribution in [-0.2, 0) is 22.1 Å². The molecule has 1 heterocycles. The zero-order chi connectivity index (χ0) is 23.7. The first-order valence-corrected chi connectivity index (χ1v) is 10.3. The van der Waals surface area contributed by atoms with E-state index in [9.17, 15) is 19.5 Å². The summed E-state index contributed by atoms with van der Waals surface area (Å²) in [5.74, 6) is -0.855.